The number of likely N-dealkylation sites (tertiary alicyclic amines) is 1. The molecule has 5 nitrogen and oxygen atoms in total. The summed E-state index contributed by atoms with van der Waals surface area (Å²) in [6.07, 6.45) is 6.79. The lowest BCUT2D eigenvalue weighted by molar-refractivity contribution is 0.263. The van der Waals surface area contributed by atoms with Crippen molar-refractivity contribution in [2.45, 2.75) is 44.6 Å². The normalized spacial score (nSPS) is 18.7. The monoisotopic (exact) mass is 360 g/mol. The van der Waals surface area contributed by atoms with Gasteiger partial charge in [0.1, 0.15) is 0 Å². The van der Waals surface area contributed by atoms with Crippen molar-refractivity contribution in [3.63, 3.8) is 0 Å². The van der Waals surface area contributed by atoms with E-state index < -0.39 is 0 Å². The number of hydrogen-bond acceptors (Lipinski definition) is 5. The van der Waals surface area contributed by atoms with E-state index in [4.69, 9.17) is 4.52 Å². The third-order valence-electron chi connectivity index (χ3n) is 5.75. The van der Waals surface area contributed by atoms with E-state index in [0.717, 1.165) is 22.6 Å². The average molecular weight is 360 g/mol. The van der Waals surface area contributed by atoms with Crippen LogP contribution in [0, 0.1) is 0 Å². The molecule has 1 aromatic carbocycles. The van der Waals surface area contributed by atoms with Crippen molar-refractivity contribution in [3.05, 3.63) is 54.0 Å². The fraction of sp³-hybridized carbons (Fsp3) is 0.409. The van der Waals surface area contributed by atoms with Crippen LogP contribution in [0.2, 0.25) is 0 Å². The van der Waals surface area contributed by atoms with Crippen molar-refractivity contribution in [2.75, 3.05) is 13.1 Å². The fourth-order valence-corrected chi connectivity index (χ4v) is 3.85. The molecule has 0 radical (unpaired) electrons. The van der Waals surface area contributed by atoms with Crippen LogP contribution in [0.3, 0.4) is 0 Å². The van der Waals surface area contributed by atoms with Gasteiger partial charge < -0.3 is 4.52 Å². The number of aromatic nitrogens is 3. The largest absolute Gasteiger partial charge is 0.334 e. The van der Waals surface area contributed by atoms with Crippen LogP contribution in [0.5, 0.6) is 0 Å². The minimum absolute atomic E-state index is 0.450. The summed E-state index contributed by atoms with van der Waals surface area (Å²) in [5, 5.41) is 4.09. The first-order valence-corrected chi connectivity index (χ1v) is 9.92. The molecule has 1 saturated carbocycles. The van der Waals surface area contributed by atoms with Crippen LogP contribution in [-0.2, 0) is 0 Å². The van der Waals surface area contributed by atoms with Gasteiger partial charge >= 0.3 is 0 Å². The number of nitrogens with zero attached hydrogens (tertiary/aromatic N) is 4. The van der Waals surface area contributed by atoms with Gasteiger partial charge in [-0.05, 0) is 69.5 Å². The smallest absolute Gasteiger partial charge is 0.259 e. The highest BCUT2D eigenvalue weighted by Crippen LogP contribution is 2.39. The highest BCUT2D eigenvalue weighted by molar-refractivity contribution is 5.63. The Bertz CT molecular complexity index is 923. The van der Waals surface area contributed by atoms with Crippen LogP contribution < -0.4 is 0 Å². The van der Waals surface area contributed by atoms with Crippen LogP contribution in [0.15, 0.2) is 47.1 Å². The van der Waals surface area contributed by atoms with Crippen molar-refractivity contribution in [2.24, 2.45) is 0 Å². The van der Waals surface area contributed by atoms with E-state index >= 15 is 0 Å². The Labute approximate surface area is 159 Å². The fourth-order valence-electron chi connectivity index (χ4n) is 3.85. The Hall–Kier alpha value is -2.53. The first-order chi connectivity index (χ1) is 13.3. The number of benzene rings is 1. The third kappa shape index (κ3) is 3.39. The van der Waals surface area contributed by atoms with Gasteiger partial charge in [0.2, 0.25) is 0 Å². The molecule has 3 heterocycles. The van der Waals surface area contributed by atoms with Crippen molar-refractivity contribution >= 4 is 0 Å². The molecule has 138 valence electrons. The molecule has 1 aliphatic heterocycles. The zero-order chi connectivity index (χ0) is 18.2. The van der Waals surface area contributed by atoms with Gasteiger partial charge in [-0.2, -0.15) is 4.98 Å². The number of pyridine rings is 1. The molecule has 0 amide bonds. The van der Waals surface area contributed by atoms with Crippen molar-refractivity contribution in [1.29, 1.82) is 0 Å². The molecule has 0 spiro atoms. The lowest BCUT2D eigenvalue weighted by atomic mass is 10.0. The van der Waals surface area contributed by atoms with Gasteiger partial charge in [-0.1, -0.05) is 23.4 Å². The molecule has 0 bridgehead atoms. The van der Waals surface area contributed by atoms with E-state index in [1.165, 1.54) is 44.3 Å². The molecule has 3 aromatic rings. The minimum Gasteiger partial charge on any atom is -0.334 e. The highest BCUT2D eigenvalue weighted by atomic mass is 16.5. The summed E-state index contributed by atoms with van der Waals surface area (Å²) in [4.78, 5) is 11.7. The first-order valence-electron chi connectivity index (χ1n) is 9.92. The average Bonchev–Trinajstić information content (AvgIpc) is 3.22. The molecule has 1 aliphatic carbocycles. The molecule has 1 atom stereocenters. The maximum absolute atomic E-state index is 5.40. The topological polar surface area (TPSA) is 55.1 Å². The Morgan fingerprint density at radius 3 is 2.67 bits per heavy atom. The molecular formula is C22H24N4O. The highest BCUT2D eigenvalue weighted by Gasteiger charge is 2.29. The van der Waals surface area contributed by atoms with Crippen LogP contribution in [0.25, 0.3) is 22.7 Å². The van der Waals surface area contributed by atoms with Gasteiger partial charge in [0, 0.05) is 23.7 Å². The Morgan fingerprint density at radius 1 is 1.07 bits per heavy atom. The zero-order valence-electron chi connectivity index (χ0n) is 15.6. The van der Waals surface area contributed by atoms with Crippen LogP contribution >= 0.6 is 0 Å². The van der Waals surface area contributed by atoms with Crippen molar-refractivity contribution < 1.29 is 4.52 Å². The molecule has 27 heavy (non-hydrogen) atoms. The van der Waals surface area contributed by atoms with Gasteiger partial charge in [-0.15, -0.1) is 0 Å². The molecule has 0 unspecified atom stereocenters. The summed E-state index contributed by atoms with van der Waals surface area (Å²) in [6.45, 7) is 4.70. The van der Waals surface area contributed by atoms with E-state index in [9.17, 15) is 0 Å². The summed E-state index contributed by atoms with van der Waals surface area (Å²) in [5.41, 5.74) is 4.34. The van der Waals surface area contributed by atoms with Gasteiger partial charge in [-0.25, -0.2) is 0 Å². The number of hydrogen-bond donors (Lipinski definition) is 0. The van der Waals surface area contributed by atoms with Crippen LogP contribution in [0.1, 0.15) is 56.0 Å². The van der Waals surface area contributed by atoms with Gasteiger partial charge in [0.15, 0.2) is 5.82 Å². The standard InChI is InChI=1S/C22H24N4O/c1-15(26-11-2-3-12-26)17-5-4-6-18(13-17)20-10-9-19(14-23-20)22-24-21(25-27-22)16-7-8-16/h4-6,9-10,13-16H,2-3,7-8,11-12H2,1H3/t15-/m0/s1. The summed E-state index contributed by atoms with van der Waals surface area (Å²) in [5.74, 6) is 1.89. The lowest BCUT2D eigenvalue weighted by Crippen LogP contribution is -2.23. The van der Waals surface area contributed by atoms with Crippen LogP contribution in [-0.4, -0.2) is 33.1 Å². The SMILES string of the molecule is C[C@@H](c1cccc(-c2ccc(-c3nc(C4CC4)no3)cn2)c1)N1CCCC1. The van der Waals surface area contributed by atoms with E-state index in [0.29, 0.717) is 17.9 Å². The van der Waals surface area contributed by atoms with Gasteiger partial charge in [-0.3, -0.25) is 9.88 Å². The second-order valence-electron chi connectivity index (χ2n) is 7.71. The molecule has 5 rings (SSSR count). The molecule has 2 aromatic heterocycles. The summed E-state index contributed by atoms with van der Waals surface area (Å²) in [7, 11) is 0. The van der Waals surface area contributed by atoms with Gasteiger partial charge in [0.05, 0.1) is 11.3 Å². The zero-order valence-corrected chi connectivity index (χ0v) is 15.6. The molecule has 2 aliphatic rings. The van der Waals surface area contributed by atoms with Crippen molar-refractivity contribution in [3.8, 4) is 22.7 Å². The summed E-state index contributed by atoms with van der Waals surface area (Å²) in [6, 6.07) is 13.2. The molecular weight excluding hydrogens is 336 g/mol. The Balaban J connectivity index is 1.37. The predicted molar refractivity (Wildman–Crippen MR) is 104 cm³/mol. The first kappa shape index (κ1) is 16.6. The third-order valence-corrected chi connectivity index (χ3v) is 5.75. The van der Waals surface area contributed by atoms with Gasteiger partial charge in [0.25, 0.3) is 5.89 Å². The number of rotatable bonds is 5. The predicted octanol–water partition coefficient (Wildman–Crippen LogP) is 4.83. The summed E-state index contributed by atoms with van der Waals surface area (Å²) < 4.78 is 5.40. The second kappa shape index (κ2) is 6.89. The Kier molecular flexibility index (Phi) is 4.24. The summed E-state index contributed by atoms with van der Waals surface area (Å²) >= 11 is 0. The molecule has 1 saturated heterocycles. The Morgan fingerprint density at radius 2 is 1.93 bits per heavy atom. The maximum Gasteiger partial charge on any atom is 0.259 e. The van der Waals surface area contributed by atoms with Crippen LogP contribution in [0.4, 0.5) is 0 Å². The molecule has 2 fully saturated rings. The van der Waals surface area contributed by atoms with E-state index in [-0.39, 0.29) is 0 Å². The quantitative estimate of drug-likeness (QED) is 0.652. The van der Waals surface area contributed by atoms with Crippen molar-refractivity contribution in [1.82, 2.24) is 20.0 Å². The molecule has 5 heteroatoms. The van der Waals surface area contributed by atoms with E-state index in [1.807, 2.05) is 18.3 Å². The molecule has 0 N–H and O–H groups in total. The minimum atomic E-state index is 0.450. The van der Waals surface area contributed by atoms with E-state index in [2.05, 4.69) is 51.2 Å². The second-order valence-corrected chi connectivity index (χ2v) is 7.71. The lowest BCUT2D eigenvalue weighted by Gasteiger charge is -2.24. The maximum atomic E-state index is 5.40. The van der Waals surface area contributed by atoms with E-state index in [1.54, 1.807) is 0 Å².